The summed E-state index contributed by atoms with van der Waals surface area (Å²) in [5, 5.41) is 0. The average molecular weight is 277 g/mol. The van der Waals surface area contributed by atoms with Gasteiger partial charge < -0.3 is 4.74 Å². The van der Waals surface area contributed by atoms with E-state index in [-0.39, 0.29) is 5.78 Å². The number of halogens is 2. The van der Waals surface area contributed by atoms with Crippen molar-refractivity contribution in [3.8, 4) is 5.75 Å². The van der Waals surface area contributed by atoms with E-state index >= 15 is 0 Å². The number of alkyl halides is 1. The van der Waals surface area contributed by atoms with Gasteiger partial charge in [-0.05, 0) is 47.6 Å². The summed E-state index contributed by atoms with van der Waals surface area (Å²) in [7, 11) is 6.54. The van der Waals surface area contributed by atoms with Crippen molar-refractivity contribution in [3.63, 3.8) is 0 Å². The molecule has 2 nitrogen and oxygen atoms in total. The molecule has 1 heterocycles. The third kappa shape index (κ3) is 1.53. The molecule has 0 amide bonds. The summed E-state index contributed by atoms with van der Waals surface area (Å²) in [4.78, 5) is 12.3. The van der Waals surface area contributed by atoms with Gasteiger partial charge in [0.1, 0.15) is 11.4 Å². The van der Waals surface area contributed by atoms with Gasteiger partial charge in [-0.15, -0.1) is 0 Å². The minimum Gasteiger partial charge on any atom is -0.484 e. The van der Waals surface area contributed by atoms with E-state index in [1.807, 2.05) is 6.07 Å². The van der Waals surface area contributed by atoms with E-state index in [0.717, 1.165) is 11.0 Å². The van der Waals surface area contributed by atoms with Gasteiger partial charge in [0.05, 0.1) is 5.56 Å². The van der Waals surface area contributed by atoms with Gasteiger partial charge in [0.25, 0.3) is 0 Å². The van der Waals surface area contributed by atoms with E-state index in [0.29, 0.717) is 11.3 Å². The van der Waals surface area contributed by atoms with Crippen molar-refractivity contribution >= 4 is 39.0 Å². The van der Waals surface area contributed by atoms with Crippen molar-refractivity contribution in [2.45, 2.75) is 23.7 Å². The molecule has 0 saturated heterocycles. The highest BCUT2D eigenvalue weighted by Crippen LogP contribution is 2.51. The van der Waals surface area contributed by atoms with Gasteiger partial charge in [-0.25, -0.2) is 0 Å². The first-order chi connectivity index (χ1) is 7.42. The SMILES string of the molecule is CC1(C)Oc2ccccc2C(=O)C1(Cl)SCl. The number of para-hydroxylation sites is 1. The zero-order valence-corrected chi connectivity index (χ0v) is 11.1. The molecule has 0 fully saturated rings. The molecular formula is C11H10Cl2O2S. The van der Waals surface area contributed by atoms with E-state index in [4.69, 9.17) is 27.0 Å². The maximum atomic E-state index is 12.3. The molecule has 0 bridgehead atoms. The Balaban J connectivity index is 2.61. The predicted molar refractivity (Wildman–Crippen MR) is 67.5 cm³/mol. The summed E-state index contributed by atoms with van der Waals surface area (Å²) in [5.74, 6) is 0.348. The van der Waals surface area contributed by atoms with Crippen LogP contribution in [0.3, 0.4) is 0 Å². The van der Waals surface area contributed by atoms with E-state index in [9.17, 15) is 4.79 Å². The monoisotopic (exact) mass is 276 g/mol. The van der Waals surface area contributed by atoms with Crippen LogP contribution in [0.25, 0.3) is 0 Å². The molecule has 0 N–H and O–H groups in total. The molecule has 0 aliphatic carbocycles. The van der Waals surface area contributed by atoms with Crippen molar-refractivity contribution < 1.29 is 9.53 Å². The van der Waals surface area contributed by atoms with Crippen LogP contribution in [-0.4, -0.2) is 15.6 Å². The van der Waals surface area contributed by atoms with Crippen LogP contribution in [0.2, 0.25) is 0 Å². The standard InChI is InChI=1S/C11H10Cl2O2S/c1-10(2)11(12,16-13)9(14)7-5-3-4-6-8(7)15-10/h3-6H,1-2H3. The van der Waals surface area contributed by atoms with E-state index in [1.165, 1.54) is 0 Å². The van der Waals surface area contributed by atoms with Crippen LogP contribution in [0.4, 0.5) is 0 Å². The van der Waals surface area contributed by atoms with Crippen LogP contribution >= 0.6 is 33.3 Å². The van der Waals surface area contributed by atoms with Crippen LogP contribution in [0, 0.1) is 0 Å². The molecule has 5 heteroatoms. The normalized spacial score (nSPS) is 27.1. The fraction of sp³-hybridized carbons (Fsp3) is 0.364. The van der Waals surface area contributed by atoms with Crippen LogP contribution < -0.4 is 4.74 Å². The molecule has 2 rings (SSSR count). The van der Waals surface area contributed by atoms with Crippen molar-refractivity contribution in [1.29, 1.82) is 0 Å². The van der Waals surface area contributed by atoms with Crippen molar-refractivity contribution in [2.75, 3.05) is 0 Å². The lowest BCUT2D eigenvalue weighted by Crippen LogP contribution is -2.55. The smallest absolute Gasteiger partial charge is 0.205 e. The van der Waals surface area contributed by atoms with Crippen LogP contribution in [-0.2, 0) is 0 Å². The number of fused-ring (bicyclic) bond motifs is 1. The number of Topliss-reactive ketones (excluding diaryl/α,β-unsaturated/α-hetero) is 1. The topological polar surface area (TPSA) is 26.3 Å². The van der Waals surface area contributed by atoms with E-state index < -0.39 is 9.81 Å². The van der Waals surface area contributed by atoms with Crippen LogP contribution in [0.15, 0.2) is 24.3 Å². The van der Waals surface area contributed by atoms with E-state index in [2.05, 4.69) is 0 Å². The number of benzene rings is 1. The number of carbonyl (C=O) groups excluding carboxylic acids is 1. The average Bonchev–Trinajstić information content (AvgIpc) is 2.25. The molecule has 1 aliphatic heterocycles. The maximum Gasteiger partial charge on any atom is 0.205 e. The van der Waals surface area contributed by atoms with Crippen molar-refractivity contribution in [2.24, 2.45) is 0 Å². The zero-order chi connectivity index (χ0) is 12.0. The van der Waals surface area contributed by atoms with Crippen LogP contribution in [0.5, 0.6) is 5.75 Å². The third-order valence-electron chi connectivity index (χ3n) is 2.67. The molecule has 86 valence electrons. The summed E-state index contributed by atoms with van der Waals surface area (Å²) in [5.41, 5.74) is -0.378. The second kappa shape index (κ2) is 3.83. The summed E-state index contributed by atoms with van der Waals surface area (Å²) < 4.78 is 4.45. The van der Waals surface area contributed by atoms with Gasteiger partial charge in [-0.2, -0.15) is 0 Å². The number of carbonyl (C=O) groups is 1. The fourth-order valence-electron chi connectivity index (χ4n) is 1.66. The first kappa shape index (κ1) is 12.1. The number of hydrogen-bond acceptors (Lipinski definition) is 3. The van der Waals surface area contributed by atoms with Crippen molar-refractivity contribution in [3.05, 3.63) is 29.8 Å². The predicted octanol–water partition coefficient (Wildman–Crippen LogP) is 3.86. The first-order valence-corrected chi connectivity index (χ1v) is 6.76. The second-order valence-electron chi connectivity index (χ2n) is 4.11. The molecule has 1 aliphatic rings. The molecule has 16 heavy (non-hydrogen) atoms. The Labute approximate surface area is 108 Å². The quantitative estimate of drug-likeness (QED) is 0.729. The summed E-state index contributed by atoms with van der Waals surface area (Å²) in [6.07, 6.45) is 0. The Morgan fingerprint density at radius 1 is 1.31 bits per heavy atom. The maximum absolute atomic E-state index is 12.3. The lowest BCUT2D eigenvalue weighted by atomic mass is 9.92. The van der Waals surface area contributed by atoms with Crippen LogP contribution in [0.1, 0.15) is 24.2 Å². The first-order valence-electron chi connectivity index (χ1n) is 4.74. The second-order valence-corrected chi connectivity index (χ2v) is 6.13. The Morgan fingerprint density at radius 2 is 1.94 bits per heavy atom. The molecule has 0 saturated carbocycles. The molecule has 1 unspecified atom stereocenters. The van der Waals surface area contributed by atoms with E-state index in [1.54, 1.807) is 32.0 Å². The number of rotatable bonds is 1. The summed E-state index contributed by atoms with van der Waals surface area (Å²) >= 11 is 6.29. The van der Waals surface area contributed by atoms with Gasteiger partial charge in [-0.3, -0.25) is 4.79 Å². The van der Waals surface area contributed by atoms with Gasteiger partial charge in [0, 0.05) is 0 Å². The molecule has 1 aromatic rings. The Morgan fingerprint density at radius 3 is 2.56 bits per heavy atom. The molecule has 0 radical (unpaired) electrons. The summed E-state index contributed by atoms with van der Waals surface area (Å²) in [6, 6.07) is 7.04. The fourth-order valence-corrected chi connectivity index (χ4v) is 2.97. The number of hydrogen-bond donors (Lipinski definition) is 0. The Hall–Kier alpha value is -0.380. The molecule has 0 aromatic heterocycles. The largest absolute Gasteiger partial charge is 0.484 e. The Kier molecular flexibility index (Phi) is 2.89. The van der Waals surface area contributed by atoms with Gasteiger partial charge in [0.15, 0.2) is 0 Å². The highest BCUT2D eigenvalue weighted by atomic mass is 35.7. The molecular weight excluding hydrogens is 267 g/mol. The third-order valence-corrected chi connectivity index (χ3v) is 5.35. The summed E-state index contributed by atoms with van der Waals surface area (Å²) in [6.45, 7) is 3.51. The minimum absolute atomic E-state index is 0.207. The minimum atomic E-state index is -1.29. The molecule has 1 atom stereocenters. The van der Waals surface area contributed by atoms with Gasteiger partial charge >= 0.3 is 0 Å². The zero-order valence-electron chi connectivity index (χ0n) is 8.79. The highest BCUT2D eigenvalue weighted by molar-refractivity contribution is 8.23. The van der Waals surface area contributed by atoms with Crippen molar-refractivity contribution in [1.82, 2.24) is 0 Å². The lowest BCUT2D eigenvalue weighted by Gasteiger charge is -2.42. The number of ketones is 1. The molecule has 0 spiro atoms. The highest BCUT2D eigenvalue weighted by Gasteiger charge is 2.56. The molecule has 1 aromatic carbocycles. The van der Waals surface area contributed by atoms with Gasteiger partial charge in [0.2, 0.25) is 9.99 Å². The lowest BCUT2D eigenvalue weighted by molar-refractivity contribution is 0.0580. The van der Waals surface area contributed by atoms with Gasteiger partial charge in [-0.1, -0.05) is 23.7 Å². The Bertz CT molecular complexity index is 447. The number of ether oxygens (including phenoxy) is 1.